The number of nitrogens with zero attached hydrogens (tertiary/aromatic N) is 2. The van der Waals surface area contributed by atoms with Crippen molar-refractivity contribution in [2.24, 2.45) is 5.92 Å². The summed E-state index contributed by atoms with van der Waals surface area (Å²) >= 11 is 0. The molecule has 0 saturated carbocycles. The topological polar surface area (TPSA) is 76.1 Å². The van der Waals surface area contributed by atoms with Crippen LogP contribution < -0.4 is 10.6 Å². The monoisotopic (exact) mass is 304 g/mol. The van der Waals surface area contributed by atoms with Crippen LogP contribution in [0.25, 0.3) is 0 Å². The van der Waals surface area contributed by atoms with Crippen molar-refractivity contribution in [3.63, 3.8) is 0 Å². The molecule has 1 aromatic rings. The Hall–Kier alpha value is -1.53. The second-order valence-corrected chi connectivity index (χ2v) is 6.06. The van der Waals surface area contributed by atoms with Gasteiger partial charge in [-0.3, -0.25) is 4.79 Å². The Balaban J connectivity index is 1.54. The van der Waals surface area contributed by atoms with E-state index in [2.05, 4.69) is 20.6 Å². The van der Waals surface area contributed by atoms with Gasteiger partial charge in [0.1, 0.15) is 5.82 Å². The van der Waals surface area contributed by atoms with Crippen LogP contribution >= 0.6 is 0 Å². The van der Waals surface area contributed by atoms with Gasteiger partial charge in [0.05, 0.1) is 18.8 Å². The van der Waals surface area contributed by atoms with Gasteiger partial charge in [-0.1, -0.05) is 0 Å². The molecule has 22 heavy (non-hydrogen) atoms. The van der Waals surface area contributed by atoms with Crippen LogP contribution in [0.15, 0.2) is 12.3 Å². The predicted octanol–water partition coefficient (Wildman–Crippen LogP) is 0.986. The van der Waals surface area contributed by atoms with Crippen LogP contribution in [0.3, 0.4) is 0 Å². The highest BCUT2D eigenvalue weighted by atomic mass is 16.5. The van der Waals surface area contributed by atoms with Gasteiger partial charge in [0, 0.05) is 24.6 Å². The molecule has 0 bridgehead atoms. The number of carbonyl (C=O) groups excluding carboxylic acids is 1. The number of aromatic nitrogens is 2. The van der Waals surface area contributed by atoms with E-state index in [1.165, 1.54) is 0 Å². The summed E-state index contributed by atoms with van der Waals surface area (Å²) in [7, 11) is 0. The maximum atomic E-state index is 12.2. The Morgan fingerprint density at radius 1 is 1.36 bits per heavy atom. The number of rotatable bonds is 4. The Morgan fingerprint density at radius 2 is 2.23 bits per heavy atom. The number of piperidine rings is 1. The van der Waals surface area contributed by atoms with Gasteiger partial charge < -0.3 is 15.4 Å². The van der Waals surface area contributed by atoms with E-state index in [4.69, 9.17) is 4.74 Å². The summed E-state index contributed by atoms with van der Waals surface area (Å²) in [6.07, 6.45) is 5.75. The second kappa shape index (κ2) is 7.65. The van der Waals surface area contributed by atoms with Gasteiger partial charge in [-0.05, 0) is 44.8 Å². The minimum atomic E-state index is 0.134. The molecule has 3 heterocycles. The lowest BCUT2D eigenvalue weighted by Crippen LogP contribution is -2.38. The molecule has 2 saturated heterocycles. The highest BCUT2D eigenvalue weighted by molar-refractivity contribution is 5.78. The number of ether oxygens (including phenoxy) is 1. The Bertz CT molecular complexity index is 497. The van der Waals surface area contributed by atoms with Crippen molar-refractivity contribution in [3.8, 4) is 0 Å². The largest absolute Gasteiger partial charge is 0.381 e. The Morgan fingerprint density at radius 3 is 3.00 bits per heavy atom. The van der Waals surface area contributed by atoms with Crippen LogP contribution in [0, 0.1) is 5.92 Å². The molecule has 2 fully saturated rings. The first-order valence-corrected chi connectivity index (χ1v) is 8.21. The highest BCUT2D eigenvalue weighted by Crippen LogP contribution is 2.22. The van der Waals surface area contributed by atoms with Crippen LogP contribution in [0.5, 0.6) is 0 Å². The zero-order valence-electron chi connectivity index (χ0n) is 12.9. The van der Waals surface area contributed by atoms with Crippen LogP contribution in [0.2, 0.25) is 0 Å². The number of carbonyl (C=O) groups is 1. The SMILES string of the molecule is O=C(NCc1ccnc([C@@H]2CCCOC2)n1)C1CCNCC1. The zero-order valence-corrected chi connectivity index (χ0v) is 12.9. The molecule has 0 aliphatic carbocycles. The number of amides is 1. The molecule has 1 amide bonds. The fourth-order valence-electron chi connectivity index (χ4n) is 3.06. The van der Waals surface area contributed by atoms with Crippen molar-refractivity contribution < 1.29 is 9.53 Å². The fourth-order valence-corrected chi connectivity index (χ4v) is 3.06. The van der Waals surface area contributed by atoms with Gasteiger partial charge in [0.15, 0.2) is 0 Å². The molecule has 1 aromatic heterocycles. The van der Waals surface area contributed by atoms with Gasteiger partial charge in [-0.25, -0.2) is 9.97 Å². The smallest absolute Gasteiger partial charge is 0.223 e. The van der Waals surface area contributed by atoms with Crippen molar-refractivity contribution in [3.05, 3.63) is 23.8 Å². The Kier molecular flexibility index (Phi) is 5.34. The molecule has 120 valence electrons. The molecule has 2 N–H and O–H groups in total. The van der Waals surface area contributed by atoms with Crippen molar-refractivity contribution in [1.82, 2.24) is 20.6 Å². The normalized spacial score (nSPS) is 23.2. The Labute approximate surface area is 131 Å². The summed E-state index contributed by atoms with van der Waals surface area (Å²) in [5, 5.41) is 6.29. The minimum absolute atomic E-state index is 0.134. The average molecular weight is 304 g/mol. The summed E-state index contributed by atoms with van der Waals surface area (Å²) in [4.78, 5) is 21.1. The van der Waals surface area contributed by atoms with Crippen LogP contribution in [0.4, 0.5) is 0 Å². The van der Waals surface area contributed by atoms with Gasteiger partial charge in [-0.15, -0.1) is 0 Å². The maximum absolute atomic E-state index is 12.2. The van der Waals surface area contributed by atoms with Crippen LogP contribution in [0.1, 0.15) is 43.1 Å². The number of hydrogen-bond acceptors (Lipinski definition) is 5. The molecule has 0 unspecified atom stereocenters. The van der Waals surface area contributed by atoms with E-state index >= 15 is 0 Å². The van der Waals surface area contributed by atoms with Crippen molar-refractivity contribution >= 4 is 5.91 Å². The molecule has 0 spiro atoms. The van der Waals surface area contributed by atoms with Gasteiger partial charge in [0.25, 0.3) is 0 Å². The fraction of sp³-hybridized carbons (Fsp3) is 0.688. The average Bonchev–Trinajstić information content (AvgIpc) is 2.61. The maximum Gasteiger partial charge on any atom is 0.223 e. The second-order valence-electron chi connectivity index (χ2n) is 6.06. The lowest BCUT2D eigenvalue weighted by molar-refractivity contribution is -0.125. The van der Waals surface area contributed by atoms with E-state index in [9.17, 15) is 4.79 Å². The molecule has 0 radical (unpaired) electrons. The summed E-state index contributed by atoms with van der Waals surface area (Å²) in [5.74, 6) is 1.40. The predicted molar refractivity (Wildman–Crippen MR) is 82.3 cm³/mol. The molecule has 2 aliphatic rings. The van der Waals surface area contributed by atoms with Crippen molar-refractivity contribution in [2.45, 2.75) is 38.1 Å². The first-order chi connectivity index (χ1) is 10.8. The lowest BCUT2D eigenvalue weighted by Gasteiger charge is -2.22. The highest BCUT2D eigenvalue weighted by Gasteiger charge is 2.21. The van der Waals surface area contributed by atoms with E-state index in [0.717, 1.165) is 56.9 Å². The molecule has 6 heteroatoms. The molecular formula is C16H24N4O2. The first kappa shape index (κ1) is 15.4. The quantitative estimate of drug-likeness (QED) is 0.867. The molecule has 1 atom stereocenters. The lowest BCUT2D eigenvalue weighted by atomic mass is 9.97. The third-order valence-electron chi connectivity index (χ3n) is 4.41. The minimum Gasteiger partial charge on any atom is -0.381 e. The van der Waals surface area contributed by atoms with E-state index in [1.807, 2.05) is 6.07 Å². The van der Waals surface area contributed by atoms with Crippen molar-refractivity contribution in [1.29, 1.82) is 0 Å². The first-order valence-electron chi connectivity index (χ1n) is 8.21. The number of nitrogens with one attached hydrogen (secondary N) is 2. The molecule has 0 aromatic carbocycles. The third kappa shape index (κ3) is 4.01. The van der Waals surface area contributed by atoms with Gasteiger partial charge in [-0.2, -0.15) is 0 Å². The van der Waals surface area contributed by atoms with Crippen LogP contribution in [-0.2, 0) is 16.1 Å². The van der Waals surface area contributed by atoms with Crippen molar-refractivity contribution in [2.75, 3.05) is 26.3 Å². The molecule has 3 rings (SSSR count). The standard InChI is InChI=1S/C16H24N4O2/c21-16(12-3-6-17-7-4-12)19-10-14-5-8-18-15(20-14)13-2-1-9-22-11-13/h5,8,12-13,17H,1-4,6-7,9-11H2,(H,19,21)/t13-/m1/s1. The van der Waals surface area contributed by atoms with Gasteiger partial charge >= 0.3 is 0 Å². The summed E-state index contributed by atoms with van der Waals surface area (Å²) in [6, 6.07) is 1.87. The molecular weight excluding hydrogens is 280 g/mol. The van der Waals surface area contributed by atoms with Gasteiger partial charge in [0.2, 0.25) is 5.91 Å². The zero-order chi connectivity index (χ0) is 15.2. The third-order valence-corrected chi connectivity index (χ3v) is 4.41. The molecule has 2 aliphatic heterocycles. The summed E-state index contributed by atoms with van der Waals surface area (Å²) in [5.41, 5.74) is 0.873. The number of hydrogen-bond donors (Lipinski definition) is 2. The van der Waals surface area contributed by atoms with E-state index in [1.54, 1.807) is 6.20 Å². The molecule has 6 nitrogen and oxygen atoms in total. The van der Waals surface area contributed by atoms with E-state index < -0.39 is 0 Å². The summed E-state index contributed by atoms with van der Waals surface area (Å²) < 4.78 is 5.50. The van der Waals surface area contributed by atoms with Crippen LogP contribution in [-0.4, -0.2) is 42.2 Å². The van der Waals surface area contributed by atoms with E-state index in [-0.39, 0.29) is 17.7 Å². The van der Waals surface area contributed by atoms with E-state index in [0.29, 0.717) is 13.2 Å². The summed E-state index contributed by atoms with van der Waals surface area (Å²) in [6.45, 7) is 3.87.